The fraction of sp³-hybridized carbons (Fsp3) is 0.438. The highest BCUT2D eigenvalue weighted by atomic mass is 16.1. The predicted octanol–water partition coefficient (Wildman–Crippen LogP) is 2.16. The molecule has 3 nitrogen and oxygen atoms in total. The molecule has 1 aromatic carbocycles. The monoisotopic (exact) mass is 258 g/mol. The van der Waals surface area contributed by atoms with Gasteiger partial charge in [0.25, 0.3) is 0 Å². The normalized spacial score (nSPS) is 17.6. The van der Waals surface area contributed by atoms with Crippen molar-refractivity contribution in [3.63, 3.8) is 0 Å². The van der Waals surface area contributed by atoms with Crippen molar-refractivity contribution in [3.05, 3.63) is 47.5 Å². The maximum Gasteiger partial charge on any atom is 0.220 e. The minimum atomic E-state index is 0.141. The Labute approximate surface area is 114 Å². The number of hydrogen-bond donors (Lipinski definition) is 2. The van der Waals surface area contributed by atoms with E-state index in [2.05, 4.69) is 41.7 Å². The van der Waals surface area contributed by atoms with Crippen LogP contribution in [0, 0.1) is 5.92 Å². The maximum absolute atomic E-state index is 11.8. The molecule has 0 saturated heterocycles. The highest BCUT2D eigenvalue weighted by Crippen LogP contribution is 2.20. The molecule has 1 aliphatic carbocycles. The Kier molecular flexibility index (Phi) is 5.16. The van der Waals surface area contributed by atoms with Gasteiger partial charge in [-0.05, 0) is 42.9 Å². The summed E-state index contributed by atoms with van der Waals surface area (Å²) in [6.45, 7) is 1.28. The van der Waals surface area contributed by atoms with E-state index in [-0.39, 0.29) is 5.91 Å². The molecule has 0 heterocycles. The SMILES string of the molecule is NCCc1ccc(CNC(=O)CC2C=CCC2)cc1. The second-order valence-electron chi connectivity index (χ2n) is 5.10. The summed E-state index contributed by atoms with van der Waals surface area (Å²) in [5.41, 5.74) is 7.89. The van der Waals surface area contributed by atoms with Crippen molar-refractivity contribution in [1.82, 2.24) is 5.32 Å². The Morgan fingerprint density at radius 3 is 2.63 bits per heavy atom. The number of amides is 1. The van der Waals surface area contributed by atoms with E-state index in [0.29, 0.717) is 25.4 Å². The first kappa shape index (κ1) is 13.8. The quantitative estimate of drug-likeness (QED) is 0.768. The summed E-state index contributed by atoms with van der Waals surface area (Å²) in [5, 5.41) is 2.98. The zero-order chi connectivity index (χ0) is 13.5. The van der Waals surface area contributed by atoms with Crippen molar-refractivity contribution in [3.8, 4) is 0 Å². The van der Waals surface area contributed by atoms with Crippen LogP contribution in [0.15, 0.2) is 36.4 Å². The van der Waals surface area contributed by atoms with Crippen LogP contribution < -0.4 is 11.1 Å². The van der Waals surface area contributed by atoms with Crippen LogP contribution in [0.25, 0.3) is 0 Å². The third kappa shape index (κ3) is 4.52. The summed E-state index contributed by atoms with van der Waals surface area (Å²) in [5.74, 6) is 0.578. The number of carbonyl (C=O) groups is 1. The number of carbonyl (C=O) groups excluding carboxylic acids is 1. The molecule has 1 atom stereocenters. The standard InChI is InChI=1S/C16H22N2O/c17-10-9-13-5-7-15(8-6-13)12-18-16(19)11-14-3-1-2-4-14/h1,3,5-8,14H,2,4,9-12,17H2,(H,18,19). The summed E-state index contributed by atoms with van der Waals surface area (Å²) in [6, 6.07) is 8.27. The summed E-state index contributed by atoms with van der Waals surface area (Å²) in [4.78, 5) is 11.8. The third-order valence-corrected chi connectivity index (χ3v) is 3.51. The summed E-state index contributed by atoms with van der Waals surface area (Å²) in [6.07, 6.45) is 8.06. The number of rotatable bonds is 6. The van der Waals surface area contributed by atoms with Gasteiger partial charge in [-0.3, -0.25) is 4.79 Å². The van der Waals surface area contributed by atoms with E-state index in [1.54, 1.807) is 0 Å². The molecular formula is C16H22N2O. The first-order valence-corrected chi connectivity index (χ1v) is 6.99. The number of benzene rings is 1. The molecule has 0 spiro atoms. The molecule has 1 amide bonds. The van der Waals surface area contributed by atoms with Gasteiger partial charge in [-0.1, -0.05) is 36.4 Å². The molecule has 0 fully saturated rings. The van der Waals surface area contributed by atoms with Gasteiger partial charge in [-0.25, -0.2) is 0 Å². The van der Waals surface area contributed by atoms with Gasteiger partial charge in [0.15, 0.2) is 0 Å². The van der Waals surface area contributed by atoms with Gasteiger partial charge in [0.05, 0.1) is 0 Å². The minimum Gasteiger partial charge on any atom is -0.352 e. The highest BCUT2D eigenvalue weighted by molar-refractivity contribution is 5.76. The van der Waals surface area contributed by atoms with Crippen molar-refractivity contribution < 1.29 is 4.79 Å². The van der Waals surface area contributed by atoms with Crippen LogP contribution in [-0.4, -0.2) is 12.5 Å². The first-order chi connectivity index (χ1) is 9.28. The Balaban J connectivity index is 1.74. The molecule has 1 aliphatic rings. The number of nitrogens with two attached hydrogens (primary N) is 1. The summed E-state index contributed by atoms with van der Waals surface area (Å²) in [7, 11) is 0. The molecule has 0 aromatic heterocycles. The van der Waals surface area contributed by atoms with Gasteiger partial charge < -0.3 is 11.1 Å². The second-order valence-corrected chi connectivity index (χ2v) is 5.10. The van der Waals surface area contributed by atoms with Crippen LogP contribution in [0.3, 0.4) is 0 Å². The van der Waals surface area contributed by atoms with E-state index in [1.165, 1.54) is 5.56 Å². The largest absolute Gasteiger partial charge is 0.352 e. The van der Waals surface area contributed by atoms with Crippen molar-refractivity contribution in [2.24, 2.45) is 11.7 Å². The fourth-order valence-electron chi connectivity index (χ4n) is 2.37. The van der Waals surface area contributed by atoms with Crippen LogP contribution in [0.4, 0.5) is 0 Å². The Morgan fingerprint density at radius 2 is 2.00 bits per heavy atom. The fourth-order valence-corrected chi connectivity index (χ4v) is 2.37. The van der Waals surface area contributed by atoms with E-state index >= 15 is 0 Å². The molecule has 102 valence electrons. The van der Waals surface area contributed by atoms with Crippen LogP contribution in [0.1, 0.15) is 30.4 Å². The second kappa shape index (κ2) is 7.10. The molecule has 3 N–H and O–H groups in total. The zero-order valence-electron chi connectivity index (χ0n) is 11.3. The Bertz CT molecular complexity index is 437. The average molecular weight is 258 g/mol. The van der Waals surface area contributed by atoms with Gasteiger partial charge in [0, 0.05) is 13.0 Å². The number of hydrogen-bond acceptors (Lipinski definition) is 2. The summed E-state index contributed by atoms with van der Waals surface area (Å²) >= 11 is 0. The Morgan fingerprint density at radius 1 is 1.26 bits per heavy atom. The summed E-state index contributed by atoms with van der Waals surface area (Å²) < 4.78 is 0. The molecule has 0 saturated carbocycles. The van der Waals surface area contributed by atoms with Crippen LogP contribution in [-0.2, 0) is 17.8 Å². The third-order valence-electron chi connectivity index (χ3n) is 3.51. The van der Waals surface area contributed by atoms with Crippen molar-refractivity contribution in [2.45, 2.75) is 32.2 Å². The van der Waals surface area contributed by atoms with Crippen molar-refractivity contribution in [2.75, 3.05) is 6.54 Å². The first-order valence-electron chi connectivity index (χ1n) is 6.99. The average Bonchev–Trinajstić information content (AvgIpc) is 2.91. The van der Waals surface area contributed by atoms with E-state index in [0.717, 1.165) is 24.8 Å². The molecule has 1 unspecified atom stereocenters. The lowest BCUT2D eigenvalue weighted by Crippen LogP contribution is -2.24. The maximum atomic E-state index is 11.8. The molecule has 1 aromatic rings. The van der Waals surface area contributed by atoms with E-state index < -0.39 is 0 Å². The van der Waals surface area contributed by atoms with Crippen molar-refractivity contribution >= 4 is 5.91 Å². The molecule has 2 rings (SSSR count). The van der Waals surface area contributed by atoms with E-state index in [9.17, 15) is 4.79 Å². The minimum absolute atomic E-state index is 0.141. The van der Waals surface area contributed by atoms with Gasteiger partial charge >= 0.3 is 0 Å². The van der Waals surface area contributed by atoms with Gasteiger partial charge in [0.2, 0.25) is 5.91 Å². The van der Waals surface area contributed by atoms with Crippen molar-refractivity contribution in [1.29, 1.82) is 0 Å². The van der Waals surface area contributed by atoms with Gasteiger partial charge in [-0.15, -0.1) is 0 Å². The lowest BCUT2D eigenvalue weighted by atomic mass is 10.0. The molecule has 19 heavy (non-hydrogen) atoms. The smallest absolute Gasteiger partial charge is 0.220 e. The number of allylic oxidation sites excluding steroid dienone is 2. The van der Waals surface area contributed by atoms with E-state index in [4.69, 9.17) is 5.73 Å². The molecule has 0 aliphatic heterocycles. The lowest BCUT2D eigenvalue weighted by Gasteiger charge is -2.09. The van der Waals surface area contributed by atoms with Gasteiger partial charge in [-0.2, -0.15) is 0 Å². The molecule has 0 radical (unpaired) electrons. The van der Waals surface area contributed by atoms with Crippen LogP contribution >= 0.6 is 0 Å². The van der Waals surface area contributed by atoms with Crippen LogP contribution in [0.5, 0.6) is 0 Å². The van der Waals surface area contributed by atoms with Gasteiger partial charge in [0.1, 0.15) is 0 Å². The van der Waals surface area contributed by atoms with Crippen LogP contribution in [0.2, 0.25) is 0 Å². The highest BCUT2D eigenvalue weighted by Gasteiger charge is 2.13. The predicted molar refractivity (Wildman–Crippen MR) is 77.5 cm³/mol. The molecular weight excluding hydrogens is 236 g/mol. The topological polar surface area (TPSA) is 55.1 Å². The lowest BCUT2D eigenvalue weighted by molar-refractivity contribution is -0.121. The van der Waals surface area contributed by atoms with E-state index in [1.807, 2.05) is 0 Å². The Hall–Kier alpha value is -1.61. The zero-order valence-corrected chi connectivity index (χ0v) is 11.3. The molecule has 0 bridgehead atoms. The number of nitrogens with one attached hydrogen (secondary N) is 1. The molecule has 3 heteroatoms.